The summed E-state index contributed by atoms with van der Waals surface area (Å²) in [6, 6.07) is 26.8. The Kier molecular flexibility index (Phi) is 6.35. The van der Waals surface area contributed by atoms with Crippen LogP contribution in [0.2, 0.25) is 0 Å². The summed E-state index contributed by atoms with van der Waals surface area (Å²) in [4.78, 5) is 18.5. The lowest BCUT2D eigenvalue weighted by Crippen LogP contribution is -2.20. The van der Waals surface area contributed by atoms with Crippen LogP contribution in [0.15, 0.2) is 94.3 Å². The highest BCUT2D eigenvalue weighted by Gasteiger charge is 2.26. The fourth-order valence-electron chi connectivity index (χ4n) is 5.11. The maximum Gasteiger partial charge on any atom is 0.276 e. The molecule has 5 nitrogen and oxygen atoms in total. The molecule has 1 aliphatic heterocycles. The van der Waals surface area contributed by atoms with E-state index in [9.17, 15) is 4.79 Å². The second-order valence-corrected chi connectivity index (χ2v) is 10.3. The third-order valence-corrected chi connectivity index (χ3v) is 7.91. The number of fused-ring (bicyclic) bond motifs is 1. The van der Waals surface area contributed by atoms with Crippen LogP contribution >= 0.6 is 11.3 Å². The van der Waals surface area contributed by atoms with Gasteiger partial charge in [0.15, 0.2) is 5.71 Å². The van der Waals surface area contributed by atoms with E-state index in [-0.39, 0.29) is 5.91 Å². The van der Waals surface area contributed by atoms with Crippen molar-refractivity contribution in [2.24, 2.45) is 10.1 Å². The van der Waals surface area contributed by atoms with Crippen LogP contribution in [0.3, 0.4) is 0 Å². The summed E-state index contributed by atoms with van der Waals surface area (Å²) < 4.78 is 1.83. The van der Waals surface area contributed by atoms with Crippen molar-refractivity contribution in [2.45, 2.75) is 44.6 Å². The third kappa shape index (κ3) is 4.56. The van der Waals surface area contributed by atoms with Crippen LogP contribution in [0, 0.1) is 0 Å². The zero-order valence-electron chi connectivity index (χ0n) is 20.1. The minimum absolute atomic E-state index is 0.192. The minimum atomic E-state index is -0.192. The van der Waals surface area contributed by atoms with Crippen molar-refractivity contribution in [2.75, 3.05) is 5.32 Å². The van der Waals surface area contributed by atoms with Gasteiger partial charge in [-0.05, 0) is 36.0 Å². The molecule has 0 bridgehead atoms. The Balaban J connectivity index is 1.42. The molecule has 0 atom stereocenters. The molecule has 1 aliphatic carbocycles. The number of hydrogen-bond donors (Lipinski definition) is 1. The Morgan fingerprint density at radius 2 is 1.64 bits per heavy atom. The molecule has 2 aliphatic rings. The fourth-order valence-corrected chi connectivity index (χ4v) is 5.94. The van der Waals surface area contributed by atoms with Crippen molar-refractivity contribution >= 4 is 28.6 Å². The van der Waals surface area contributed by atoms with Gasteiger partial charge in [-0.15, -0.1) is 11.3 Å². The number of nitrogens with one attached hydrogen (secondary N) is 1. The van der Waals surface area contributed by atoms with E-state index in [0.29, 0.717) is 18.2 Å². The van der Waals surface area contributed by atoms with Crippen molar-refractivity contribution in [3.63, 3.8) is 0 Å². The number of nitrogens with zero attached hydrogens (tertiary/aromatic N) is 3. The quantitative estimate of drug-likeness (QED) is 0.337. The SMILES string of the molecule is O=C1Nc2ccccc2/C1=N/n1c(-c2ccc(C3CCCCC3)cc2)csc1=NCc1ccccc1. The summed E-state index contributed by atoms with van der Waals surface area (Å²) in [6.07, 6.45) is 6.56. The van der Waals surface area contributed by atoms with Gasteiger partial charge in [0.2, 0.25) is 4.80 Å². The average molecular weight is 493 g/mol. The second-order valence-electron chi connectivity index (χ2n) is 9.42. The predicted octanol–water partition coefficient (Wildman–Crippen LogP) is 6.57. The Labute approximate surface area is 214 Å². The summed E-state index contributed by atoms with van der Waals surface area (Å²) in [7, 11) is 0. The highest BCUT2D eigenvalue weighted by Crippen LogP contribution is 2.34. The number of carbonyl (C=O) groups is 1. The van der Waals surface area contributed by atoms with E-state index in [1.54, 1.807) is 11.3 Å². The van der Waals surface area contributed by atoms with Gasteiger partial charge in [-0.3, -0.25) is 9.79 Å². The van der Waals surface area contributed by atoms with Crippen molar-refractivity contribution in [1.29, 1.82) is 0 Å². The van der Waals surface area contributed by atoms with Crippen molar-refractivity contribution < 1.29 is 4.79 Å². The molecule has 1 N–H and O–H groups in total. The molecule has 0 radical (unpaired) electrons. The lowest BCUT2D eigenvalue weighted by atomic mass is 9.84. The van der Waals surface area contributed by atoms with Crippen LogP contribution in [0.1, 0.15) is 54.7 Å². The monoisotopic (exact) mass is 492 g/mol. The lowest BCUT2D eigenvalue weighted by Gasteiger charge is -2.22. The van der Waals surface area contributed by atoms with E-state index < -0.39 is 0 Å². The van der Waals surface area contributed by atoms with Gasteiger partial charge in [0.05, 0.1) is 17.9 Å². The molecule has 1 aromatic heterocycles. The maximum atomic E-state index is 12.8. The topological polar surface area (TPSA) is 58.8 Å². The number of amides is 1. The van der Waals surface area contributed by atoms with Crippen LogP contribution in [-0.2, 0) is 11.3 Å². The summed E-state index contributed by atoms with van der Waals surface area (Å²) in [5, 5.41) is 9.89. The lowest BCUT2D eigenvalue weighted by molar-refractivity contribution is -0.110. The maximum absolute atomic E-state index is 12.8. The van der Waals surface area contributed by atoms with Gasteiger partial charge >= 0.3 is 0 Å². The molecular weight excluding hydrogens is 464 g/mol. The Bertz CT molecular complexity index is 1480. The molecule has 0 saturated heterocycles. The Hall–Kier alpha value is -3.77. The first-order valence-electron chi connectivity index (χ1n) is 12.6. The smallest absolute Gasteiger partial charge is 0.276 e. The zero-order valence-corrected chi connectivity index (χ0v) is 20.9. The average Bonchev–Trinajstić information content (AvgIpc) is 3.49. The second kappa shape index (κ2) is 10.1. The molecule has 6 heteroatoms. The molecule has 2 heterocycles. The number of rotatable bonds is 5. The van der Waals surface area contributed by atoms with E-state index in [1.807, 2.05) is 47.1 Å². The fraction of sp³-hybridized carbons (Fsp3) is 0.233. The number of hydrogen-bond acceptors (Lipinski definition) is 4. The highest BCUT2D eigenvalue weighted by molar-refractivity contribution is 7.07. The van der Waals surface area contributed by atoms with Crippen LogP contribution in [-0.4, -0.2) is 16.3 Å². The van der Waals surface area contributed by atoms with E-state index in [4.69, 9.17) is 10.1 Å². The molecule has 1 saturated carbocycles. The highest BCUT2D eigenvalue weighted by atomic mass is 32.1. The third-order valence-electron chi connectivity index (χ3n) is 7.05. The van der Waals surface area contributed by atoms with Crippen LogP contribution in [0.4, 0.5) is 5.69 Å². The van der Waals surface area contributed by atoms with Crippen molar-refractivity contribution in [3.05, 3.63) is 106 Å². The van der Waals surface area contributed by atoms with Gasteiger partial charge in [0.1, 0.15) is 0 Å². The van der Waals surface area contributed by atoms with Crippen LogP contribution in [0.25, 0.3) is 11.3 Å². The van der Waals surface area contributed by atoms with E-state index >= 15 is 0 Å². The normalized spacial score (nSPS) is 17.4. The number of thiazole rings is 1. The van der Waals surface area contributed by atoms with Gasteiger partial charge in [-0.1, -0.05) is 92.1 Å². The van der Waals surface area contributed by atoms with Gasteiger partial charge in [-0.2, -0.15) is 5.10 Å². The first-order chi connectivity index (χ1) is 17.8. The summed E-state index contributed by atoms with van der Waals surface area (Å²) in [5.41, 5.74) is 6.57. The molecule has 1 fully saturated rings. The Morgan fingerprint density at radius 3 is 2.44 bits per heavy atom. The van der Waals surface area contributed by atoms with Crippen LogP contribution in [0.5, 0.6) is 0 Å². The molecule has 180 valence electrons. The van der Waals surface area contributed by atoms with Gasteiger partial charge in [-0.25, -0.2) is 4.68 Å². The van der Waals surface area contributed by atoms with Gasteiger partial charge in [0.25, 0.3) is 5.91 Å². The molecule has 1 amide bonds. The van der Waals surface area contributed by atoms with E-state index in [0.717, 1.165) is 32.9 Å². The number of carbonyl (C=O) groups excluding carboxylic acids is 1. The molecule has 6 rings (SSSR count). The number of para-hydroxylation sites is 1. The summed E-state index contributed by atoms with van der Waals surface area (Å²) in [5.74, 6) is 0.472. The molecule has 3 aromatic carbocycles. The van der Waals surface area contributed by atoms with Crippen LogP contribution < -0.4 is 10.1 Å². The predicted molar refractivity (Wildman–Crippen MR) is 146 cm³/mol. The van der Waals surface area contributed by atoms with Crippen molar-refractivity contribution in [1.82, 2.24) is 4.68 Å². The molecule has 0 spiro atoms. The number of anilines is 1. The minimum Gasteiger partial charge on any atom is -0.320 e. The van der Waals surface area contributed by atoms with Gasteiger partial charge < -0.3 is 5.32 Å². The molecular formula is C30H28N4OS. The molecule has 0 unspecified atom stereocenters. The van der Waals surface area contributed by atoms with E-state index in [2.05, 4.69) is 47.1 Å². The number of aromatic nitrogens is 1. The largest absolute Gasteiger partial charge is 0.320 e. The van der Waals surface area contributed by atoms with E-state index in [1.165, 1.54) is 37.7 Å². The van der Waals surface area contributed by atoms with Gasteiger partial charge in [0, 0.05) is 16.5 Å². The molecule has 4 aromatic rings. The standard InChI is InChI=1S/C30H28N4OS/c35-29-28(25-13-7-8-14-26(25)32-29)33-34-27(20-36-30(34)31-19-21-9-3-1-4-10-21)24-17-15-23(16-18-24)22-11-5-2-6-12-22/h1,3-4,7-10,13-18,20,22H,2,5-6,11-12,19H2,(H,32,33,35). The summed E-state index contributed by atoms with van der Waals surface area (Å²) in [6.45, 7) is 0.551. The Morgan fingerprint density at radius 1 is 0.889 bits per heavy atom. The summed E-state index contributed by atoms with van der Waals surface area (Å²) >= 11 is 1.55. The first kappa shape index (κ1) is 22.7. The first-order valence-corrected chi connectivity index (χ1v) is 13.5. The zero-order chi connectivity index (χ0) is 24.3. The molecule has 36 heavy (non-hydrogen) atoms. The number of benzene rings is 3. The van der Waals surface area contributed by atoms with Crippen molar-refractivity contribution in [3.8, 4) is 11.3 Å².